The van der Waals surface area contributed by atoms with Gasteiger partial charge in [0, 0.05) is 31.2 Å². The van der Waals surface area contributed by atoms with Crippen molar-refractivity contribution in [2.75, 3.05) is 19.5 Å². The molecule has 14 nitrogen and oxygen atoms in total. The van der Waals surface area contributed by atoms with E-state index in [-0.39, 0.29) is 42.4 Å². The Morgan fingerprint density at radius 3 is 2.44 bits per heavy atom. The third-order valence-corrected chi connectivity index (χ3v) is 10.2. The highest BCUT2D eigenvalue weighted by Gasteiger charge is 2.44. The van der Waals surface area contributed by atoms with Crippen molar-refractivity contribution in [3.05, 3.63) is 53.1 Å². The minimum atomic E-state index is -2.18. The lowest BCUT2D eigenvalue weighted by atomic mass is 9.74. The van der Waals surface area contributed by atoms with Gasteiger partial charge in [-0.25, -0.2) is 4.79 Å². The molecular formula is C33H45N5O9S. The quantitative estimate of drug-likeness (QED) is 0.0745. The van der Waals surface area contributed by atoms with Gasteiger partial charge in [-0.15, -0.1) is 11.8 Å². The van der Waals surface area contributed by atoms with Crippen LogP contribution in [0, 0.1) is 11.8 Å². The molecule has 3 aliphatic rings. The largest absolute Gasteiger partial charge is 0.480 e. The molecule has 1 aliphatic heterocycles. The first-order valence-electron chi connectivity index (χ1n) is 16.3. The second-order valence-electron chi connectivity index (χ2n) is 12.3. The maximum Gasteiger partial charge on any atom is 0.353 e. The van der Waals surface area contributed by atoms with Crippen LogP contribution in [-0.4, -0.2) is 93.1 Å². The number of pyridine rings is 1. The Bertz CT molecular complexity index is 1390. The van der Waals surface area contributed by atoms with Crippen molar-refractivity contribution in [2.24, 2.45) is 11.8 Å². The summed E-state index contributed by atoms with van der Waals surface area (Å²) < 4.78 is 6.00. The number of rotatable bonds is 16. The van der Waals surface area contributed by atoms with Gasteiger partial charge in [0.2, 0.25) is 18.0 Å². The number of aliphatic hydroxyl groups is 1. The Balaban J connectivity index is 1.53. The molecule has 15 heteroatoms. The lowest BCUT2D eigenvalue weighted by Gasteiger charge is -2.30. The van der Waals surface area contributed by atoms with E-state index in [1.54, 1.807) is 19.4 Å². The minimum Gasteiger partial charge on any atom is -0.480 e. The van der Waals surface area contributed by atoms with E-state index in [1.807, 2.05) is 23.5 Å². The maximum atomic E-state index is 13.3. The fraction of sp³-hybridized carbons (Fsp3) is 0.576. The first-order chi connectivity index (χ1) is 23.1. The Morgan fingerprint density at radius 1 is 1.02 bits per heavy atom. The summed E-state index contributed by atoms with van der Waals surface area (Å²) in [6.07, 6.45) is 10.1. The minimum absolute atomic E-state index is 0.0122. The summed E-state index contributed by atoms with van der Waals surface area (Å²) >= 11 is 1.33. The van der Waals surface area contributed by atoms with Crippen molar-refractivity contribution in [1.29, 1.82) is 0 Å². The number of allylic oxidation sites excluding steroid dienone is 1. The number of hydrogen-bond acceptors (Lipinski definition) is 11. The number of amides is 2. The zero-order valence-electron chi connectivity index (χ0n) is 27.0. The van der Waals surface area contributed by atoms with Gasteiger partial charge in [-0.2, -0.15) is 0 Å². The number of nitrogens with one attached hydrogen (secondary N) is 4. The summed E-state index contributed by atoms with van der Waals surface area (Å²) in [4.78, 5) is 66.3. The average molecular weight is 688 g/mol. The predicted molar refractivity (Wildman–Crippen MR) is 176 cm³/mol. The molecule has 0 aromatic carbocycles. The topological polar surface area (TPSA) is 216 Å². The molecule has 0 saturated heterocycles. The van der Waals surface area contributed by atoms with E-state index in [1.165, 1.54) is 17.3 Å². The van der Waals surface area contributed by atoms with Gasteiger partial charge in [-0.1, -0.05) is 37.3 Å². The number of thioether (sulfide) groups is 1. The number of ether oxygens (including phenoxy) is 1. The molecule has 0 fully saturated rings. The van der Waals surface area contributed by atoms with Gasteiger partial charge in [0.05, 0.1) is 5.25 Å². The standard InChI is InChI=1S/C33H45N5O9S/c1-34-18-36-23(31(42)43)8-9-26(39)37-24(29(40)38-30(41)32(44)45)17-48-25-7-5-3-2-4-6-21-15-20(14-19-10-12-35-13-11-19)16-22-27(21)28(25)47-33(22)46/h10-13,16,21-25,30,34,36,41H,2-9,14-15,17-18H2,1H3,(H,37,39)(H,38,40)(H,42,43)(H,44,45). The second kappa shape index (κ2) is 18.1. The van der Waals surface area contributed by atoms with E-state index >= 15 is 0 Å². The number of carboxylic acid groups (broad SMARTS) is 2. The summed E-state index contributed by atoms with van der Waals surface area (Å²) in [5, 5.41) is 38.2. The number of nitrogens with zero attached hydrogens (tertiary/aromatic N) is 1. The molecule has 48 heavy (non-hydrogen) atoms. The lowest BCUT2D eigenvalue weighted by Crippen LogP contribution is -2.53. The molecule has 0 spiro atoms. The molecule has 262 valence electrons. The number of carbonyl (C=O) groups excluding carboxylic acids is 3. The Labute approximate surface area is 283 Å². The van der Waals surface area contributed by atoms with E-state index in [9.17, 15) is 34.2 Å². The van der Waals surface area contributed by atoms with Crippen LogP contribution in [0.15, 0.2) is 47.5 Å². The Kier molecular flexibility index (Phi) is 14.0. The summed E-state index contributed by atoms with van der Waals surface area (Å²) in [7, 11) is 1.64. The lowest BCUT2D eigenvalue weighted by molar-refractivity contribution is -0.151. The number of aliphatic carboxylic acids is 2. The maximum absolute atomic E-state index is 13.3. The molecular weight excluding hydrogens is 642 g/mol. The Hall–Kier alpha value is -3.79. The molecule has 1 aromatic rings. The van der Waals surface area contributed by atoms with Crippen LogP contribution >= 0.6 is 11.8 Å². The summed E-state index contributed by atoms with van der Waals surface area (Å²) in [5.74, 6) is -4.41. The van der Waals surface area contributed by atoms with E-state index in [0.29, 0.717) is 12.2 Å². The SMILES string of the molecule is CNCNC(CCC(=O)NC(CSC1CCCCCCC2CC(Cc3ccncc3)=CC3C(=O)OC1=C23)C(=O)NC(O)C(=O)O)C(=O)O. The summed E-state index contributed by atoms with van der Waals surface area (Å²) in [6, 6.07) is 1.67. The van der Waals surface area contributed by atoms with Crippen LogP contribution in [0.4, 0.5) is 0 Å². The fourth-order valence-electron chi connectivity index (χ4n) is 6.39. The highest BCUT2D eigenvalue weighted by atomic mass is 32.2. The van der Waals surface area contributed by atoms with Crippen molar-refractivity contribution in [3.8, 4) is 0 Å². The fourth-order valence-corrected chi connectivity index (χ4v) is 7.72. The zero-order chi connectivity index (χ0) is 34.6. The molecule has 2 aliphatic carbocycles. The molecule has 4 rings (SSSR count). The highest BCUT2D eigenvalue weighted by Crippen LogP contribution is 2.47. The molecule has 6 unspecified atom stereocenters. The van der Waals surface area contributed by atoms with Gasteiger partial charge in [-0.3, -0.25) is 29.5 Å². The first-order valence-corrected chi connectivity index (χ1v) is 17.4. The van der Waals surface area contributed by atoms with Gasteiger partial charge >= 0.3 is 17.9 Å². The van der Waals surface area contributed by atoms with Gasteiger partial charge in [0.15, 0.2) is 0 Å². The van der Waals surface area contributed by atoms with Crippen LogP contribution < -0.4 is 21.3 Å². The molecule has 7 N–H and O–H groups in total. The third-order valence-electron chi connectivity index (χ3n) is 8.79. The van der Waals surface area contributed by atoms with E-state index < -0.39 is 48.0 Å². The van der Waals surface area contributed by atoms with Crippen LogP contribution in [0.5, 0.6) is 0 Å². The molecule has 1 aromatic heterocycles. The predicted octanol–water partition coefficient (Wildman–Crippen LogP) is 1.46. The van der Waals surface area contributed by atoms with Gasteiger partial charge in [0.1, 0.15) is 23.8 Å². The van der Waals surface area contributed by atoms with E-state index in [0.717, 1.165) is 56.1 Å². The van der Waals surface area contributed by atoms with Crippen LogP contribution in [0.25, 0.3) is 0 Å². The van der Waals surface area contributed by atoms with Crippen LogP contribution in [0.1, 0.15) is 63.4 Å². The van der Waals surface area contributed by atoms with E-state index in [2.05, 4.69) is 20.9 Å². The number of aliphatic hydroxyl groups excluding tert-OH is 1. The normalized spacial score (nSPS) is 22.8. The van der Waals surface area contributed by atoms with E-state index in [4.69, 9.17) is 9.84 Å². The van der Waals surface area contributed by atoms with Gasteiger partial charge < -0.3 is 36.0 Å². The number of carboxylic acids is 2. The smallest absolute Gasteiger partial charge is 0.353 e. The number of carbonyl (C=O) groups is 5. The Morgan fingerprint density at radius 2 is 1.75 bits per heavy atom. The van der Waals surface area contributed by atoms with Crippen molar-refractivity contribution >= 4 is 41.5 Å². The summed E-state index contributed by atoms with van der Waals surface area (Å²) in [6.45, 7) is 0.209. The highest BCUT2D eigenvalue weighted by molar-refractivity contribution is 8.00. The molecule has 2 amide bonds. The van der Waals surface area contributed by atoms with Gasteiger partial charge in [-0.05, 0) is 68.3 Å². The van der Waals surface area contributed by atoms with Crippen molar-refractivity contribution in [3.63, 3.8) is 0 Å². The van der Waals surface area contributed by atoms with Crippen LogP contribution in [-0.2, 0) is 35.1 Å². The van der Waals surface area contributed by atoms with Crippen molar-refractivity contribution in [1.82, 2.24) is 26.3 Å². The van der Waals surface area contributed by atoms with Crippen molar-refractivity contribution < 1.29 is 44.0 Å². The zero-order valence-corrected chi connectivity index (χ0v) is 27.8. The molecule has 0 radical (unpaired) electrons. The summed E-state index contributed by atoms with van der Waals surface area (Å²) in [5.41, 5.74) is 3.29. The van der Waals surface area contributed by atoms with Gasteiger partial charge in [0.25, 0.3) is 0 Å². The van der Waals surface area contributed by atoms with Crippen LogP contribution in [0.2, 0.25) is 0 Å². The first kappa shape index (κ1) is 37.0. The monoisotopic (exact) mass is 687 g/mol. The number of esters is 1. The molecule has 0 bridgehead atoms. The number of aromatic nitrogens is 1. The molecule has 6 atom stereocenters. The average Bonchev–Trinajstić information content (AvgIpc) is 3.39. The third kappa shape index (κ3) is 10.4. The molecule has 0 saturated carbocycles. The second-order valence-corrected chi connectivity index (χ2v) is 13.6. The van der Waals surface area contributed by atoms with Crippen LogP contribution in [0.3, 0.4) is 0 Å². The van der Waals surface area contributed by atoms with Crippen molar-refractivity contribution in [2.45, 2.75) is 87.8 Å². The molecule has 2 heterocycles. The number of hydrogen-bond donors (Lipinski definition) is 7.